The van der Waals surface area contributed by atoms with E-state index in [9.17, 15) is 19.7 Å². The molecule has 2 aromatic carbocycles. The normalized spacial score (nSPS) is 12.6. The molecule has 1 amide bonds. The number of fused-ring (bicyclic) bond motifs is 1. The molecule has 0 aliphatic carbocycles. The molecular formula is C17H12N4O5. The van der Waals surface area contributed by atoms with Gasteiger partial charge in [-0.3, -0.25) is 14.9 Å². The Labute approximate surface area is 147 Å². The summed E-state index contributed by atoms with van der Waals surface area (Å²) < 4.78 is 5.03. The van der Waals surface area contributed by atoms with Crippen molar-refractivity contribution in [2.45, 2.75) is 0 Å². The first kappa shape index (κ1) is 16.9. The van der Waals surface area contributed by atoms with Gasteiger partial charge in [-0.15, -0.1) is 0 Å². The van der Waals surface area contributed by atoms with E-state index in [0.717, 1.165) is 6.07 Å². The number of nitrogens with zero attached hydrogens (tertiary/aromatic N) is 3. The van der Waals surface area contributed by atoms with E-state index in [1.54, 1.807) is 18.2 Å². The van der Waals surface area contributed by atoms with E-state index in [1.807, 2.05) is 6.07 Å². The summed E-state index contributed by atoms with van der Waals surface area (Å²) in [6.07, 6.45) is 0. The lowest BCUT2D eigenvalue weighted by atomic mass is 10.2. The number of anilines is 2. The van der Waals surface area contributed by atoms with Gasteiger partial charge in [0.25, 0.3) is 5.69 Å². The molecule has 3 rings (SSSR count). The second-order valence-electron chi connectivity index (χ2n) is 5.48. The molecule has 0 spiro atoms. The molecule has 26 heavy (non-hydrogen) atoms. The van der Waals surface area contributed by atoms with Gasteiger partial charge in [-0.05, 0) is 24.3 Å². The molecule has 1 aliphatic heterocycles. The average molecular weight is 352 g/mol. The summed E-state index contributed by atoms with van der Waals surface area (Å²) in [4.78, 5) is 35.7. The highest BCUT2D eigenvalue weighted by Gasteiger charge is 2.27. The van der Waals surface area contributed by atoms with E-state index >= 15 is 0 Å². The molecule has 130 valence electrons. The van der Waals surface area contributed by atoms with Crippen molar-refractivity contribution in [1.29, 1.82) is 5.26 Å². The maximum Gasteiger partial charge on any atom is 0.331 e. The van der Waals surface area contributed by atoms with Crippen LogP contribution in [0.3, 0.4) is 0 Å². The van der Waals surface area contributed by atoms with Crippen molar-refractivity contribution < 1.29 is 19.2 Å². The van der Waals surface area contributed by atoms with Gasteiger partial charge in [0.2, 0.25) is 5.91 Å². The van der Waals surface area contributed by atoms with Gasteiger partial charge in [0.05, 0.1) is 34.9 Å². The Balaban J connectivity index is 1.77. The molecule has 0 saturated carbocycles. The number of hydrogen-bond acceptors (Lipinski definition) is 7. The Bertz CT molecular complexity index is 950. The van der Waals surface area contributed by atoms with Crippen LogP contribution in [-0.2, 0) is 9.59 Å². The van der Waals surface area contributed by atoms with Crippen molar-refractivity contribution in [3.63, 3.8) is 0 Å². The van der Waals surface area contributed by atoms with Crippen LogP contribution in [0, 0.1) is 21.4 Å². The molecule has 0 atom stereocenters. The standard InChI is InChI=1S/C17H12N4O5/c18-8-11-2-1-3-12(6-11)19-16(22)9-20-10-17(23)26-15-7-13(21(24)25)4-5-14(15)20/h1-7H,9-10H2,(H,19,22). The zero-order chi connectivity index (χ0) is 18.7. The zero-order valence-corrected chi connectivity index (χ0v) is 13.3. The summed E-state index contributed by atoms with van der Waals surface area (Å²) in [5.41, 5.74) is 1.06. The van der Waals surface area contributed by atoms with Gasteiger partial charge in [-0.1, -0.05) is 6.07 Å². The van der Waals surface area contributed by atoms with Crippen LogP contribution in [0.1, 0.15) is 5.56 Å². The smallest absolute Gasteiger partial charge is 0.331 e. The van der Waals surface area contributed by atoms with Crippen LogP contribution in [0.25, 0.3) is 0 Å². The highest BCUT2D eigenvalue weighted by molar-refractivity contribution is 5.96. The van der Waals surface area contributed by atoms with Crippen molar-refractivity contribution in [2.75, 3.05) is 23.3 Å². The Kier molecular flexibility index (Phi) is 4.49. The predicted octanol–water partition coefficient (Wildman–Crippen LogP) is 1.83. The molecule has 0 bridgehead atoms. The number of hydrogen-bond donors (Lipinski definition) is 1. The van der Waals surface area contributed by atoms with Crippen molar-refractivity contribution in [2.24, 2.45) is 0 Å². The predicted molar refractivity (Wildman–Crippen MR) is 90.7 cm³/mol. The quantitative estimate of drug-likeness (QED) is 0.385. The lowest BCUT2D eigenvalue weighted by molar-refractivity contribution is -0.384. The van der Waals surface area contributed by atoms with Crippen LogP contribution in [0.15, 0.2) is 42.5 Å². The fourth-order valence-electron chi connectivity index (χ4n) is 2.54. The number of nitro groups is 1. The SMILES string of the molecule is N#Cc1cccc(NC(=O)CN2CC(=O)Oc3cc([N+](=O)[O-])ccc32)c1. The average Bonchev–Trinajstić information content (AvgIpc) is 2.61. The third-order valence-electron chi connectivity index (χ3n) is 3.65. The van der Waals surface area contributed by atoms with E-state index in [-0.39, 0.29) is 24.5 Å². The van der Waals surface area contributed by atoms with Crippen molar-refractivity contribution in [3.8, 4) is 11.8 Å². The van der Waals surface area contributed by atoms with Gasteiger partial charge < -0.3 is 15.0 Å². The minimum Gasteiger partial charge on any atom is -0.423 e. The summed E-state index contributed by atoms with van der Waals surface area (Å²) in [5.74, 6) is -0.980. The van der Waals surface area contributed by atoms with E-state index in [1.165, 1.54) is 23.1 Å². The lowest BCUT2D eigenvalue weighted by Gasteiger charge is -2.28. The second-order valence-corrected chi connectivity index (χ2v) is 5.48. The molecule has 1 heterocycles. The molecule has 0 radical (unpaired) electrons. The van der Waals surface area contributed by atoms with Crippen molar-refractivity contribution >= 4 is 28.9 Å². The Morgan fingerprint density at radius 1 is 1.35 bits per heavy atom. The van der Waals surface area contributed by atoms with Crippen molar-refractivity contribution in [3.05, 3.63) is 58.1 Å². The largest absolute Gasteiger partial charge is 0.423 e. The molecule has 1 N–H and O–H groups in total. The molecular weight excluding hydrogens is 340 g/mol. The summed E-state index contributed by atoms with van der Waals surface area (Å²) >= 11 is 0. The van der Waals surface area contributed by atoms with Gasteiger partial charge in [-0.2, -0.15) is 5.26 Å². The molecule has 0 saturated heterocycles. The van der Waals surface area contributed by atoms with Crippen LogP contribution >= 0.6 is 0 Å². The van der Waals surface area contributed by atoms with Crippen LogP contribution in [0.2, 0.25) is 0 Å². The Morgan fingerprint density at radius 2 is 2.15 bits per heavy atom. The number of nitro benzene ring substituents is 1. The highest BCUT2D eigenvalue weighted by atomic mass is 16.6. The number of ether oxygens (including phenoxy) is 1. The maximum atomic E-state index is 12.3. The first-order valence-electron chi connectivity index (χ1n) is 7.50. The fourth-order valence-corrected chi connectivity index (χ4v) is 2.54. The monoisotopic (exact) mass is 352 g/mol. The molecule has 9 nitrogen and oxygen atoms in total. The van der Waals surface area contributed by atoms with E-state index in [2.05, 4.69) is 5.32 Å². The molecule has 9 heteroatoms. The number of carbonyl (C=O) groups excluding carboxylic acids is 2. The summed E-state index contributed by atoms with van der Waals surface area (Å²) in [6.45, 7) is -0.312. The fraction of sp³-hybridized carbons (Fsp3) is 0.118. The van der Waals surface area contributed by atoms with Crippen LogP contribution in [0.4, 0.5) is 17.1 Å². The number of benzene rings is 2. The summed E-state index contributed by atoms with van der Waals surface area (Å²) in [5, 5.41) is 22.4. The summed E-state index contributed by atoms with van der Waals surface area (Å²) in [6, 6.07) is 12.3. The van der Waals surface area contributed by atoms with Gasteiger partial charge in [-0.25, -0.2) is 4.79 Å². The van der Waals surface area contributed by atoms with E-state index in [4.69, 9.17) is 10.00 Å². The third-order valence-corrected chi connectivity index (χ3v) is 3.65. The second kappa shape index (κ2) is 6.90. The number of amides is 1. The van der Waals surface area contributed by atoms with Crippen LogP contribution in [-0.4, -0.2) is 29.9 Å². The molecule has 0 aromatic heterocycles. The lowest BCUT2D eigenvalue weighted by Crippen LogP contribution is -2.41. The number of rotatable bonds is 4. The Morgan fingerprint density at radius 3 is 2.88 bits per heavy atom. The van der Waals surface area contributed by atoms with Gasteiger partial charge in [0, 0.05) is 11.8 Å². The van der Waals surface area contributed by atoms with Gasteiger partial charge in [0.1, 0.15) is 6.54 Å². The van der Waals surface area contributed by atoms with Crippen LogP contribution < -0.4 is 15.0 Å². The number of carbonyl (C=O) groups is 2. The molecule has 2 aromatic rings. The molecule has 0 unspecified atom stereocenters. The number of nitriles is 1. The topological polar surface area (TPSA) is 126 Å². The number of nitrogens with one attached hydrogen (secondary N) is 1. The third kappa shape index (κ3) is 3.59. The minimum atomic E-state index is -0.614. The van der Waals surface area contributed by atoms with E-state index < -0.39 is 16.8 Å². The molecule has 0 fully saturated rings. The number of non-ortho nitro benzene ring substituents is 1. The van der Waals surface area contributed by atoms with Crippen LogP contribution in [0.5, 0.6) is 5.75 Å². The van der Waals surface area contributed by atoms with Gasteiger partial charge in [0.15, 0.2) is 5.75 Å². The first-order chi connectivity index (χ1) is 12.5. The Hall–Kier alpha value is -3.93. The van der Waals surface area contributed by atoms with E-state index in [0.29, 0.717) is 16.9 Å². The first-order valence-corrected chi connectivity index (χ1v) is 7.50. The number of esters is 1. The van der Waals surface area contributed by atoms with Gasteiger partial charge >= 0.3 is 5.97 Å². The minimum absolute atomic E-state index is 0.0368. The molecule has 1 aliphatic rings. The van der Waals surface area contributed by atoms with Crippen molar-refractivity contribution in [1.82, 2.24) is 0 Å². The summed E-state index contributed by atoms with van der Waals surface area (Å²) in [7, 11) is 0. The maximum absolute atomic E-state index is 12.3. The highest BCUT2D eigenvalue weighted by Crippen LogP contribution is 2.35. The zero-order valence-electron chi connectivity index (χ0n) is 13.3.